The number of anilines is 1. The molecule has 0 radical (unpaired) electrons. The van der Waals surface area contributed by atoms with Gasteiger partial charge in [0, 0.05) is 42.0 Å². The molecule has 0 atom stereocenters. The summed E-state index contributed by atoms with van der Waals surface area (Å²) in [6.45, 7) is 3.15. The van der Waals surface area contributed by atoms with E-state index in [0.717, 1.165) is 41.9 Å². The second kappa shape index (κ2) is 9.99. The van der Waals surface area contributed by atoms with E-state index in [1.54, 1.807) is 24.3 Å². The molecule has 1 aromatic heterocycles. The fourth-order valence-corrected chi connectivity index (χ4v) is 4.73. The van der Waals surface area contributed by atoms with Crippen LogP contribution in [-0.2, 0) is 17.8 Å². The first-order valence-electron chi connectivity index (χ1n) is 10.7. The highest BCUT2D eigenvalue weighted by molar-refractivity contribution is 8.00. The summed E-state index contributed by atoms with van der Waals surface area (Å²) in [6, 6.07) is 19.1. The van der Waals surface area contributed by atoms with E-state index in [4.69, 9.17) is 4.98 Å². The maximum absolute atomic E-state index is 12.6. The van der Waals surface area contributed by atoms with Crippen LogP contribution >= 0.6 is 11.8 Å². The van der Waals surface area contributed by atoms with Crippen molar-refractivity contribution in [2.45, 2.75) is 24.9 Å². The molecule has 1 amide bonds. The highest BCUT2D eigenvalue weighted by atomic mass is 32.2. The van der Waals surface area contributed by atoms with Gasteiger partial charge in [0.2, 0.25) is 5.91 Å². The molecule has 6 nitrogen and oxygen atoms in total. The minimum Gasteiger partial charge on any atom is -0.325 e. The lowest BCUT2D eigenvalue weighted by molar-refractivity contribution is -0.113. The first-order chi connectivity index (χ1) is 16.0. The summed E-state index contributed by atoms with van der Waals surface area (Å²) >= 11 is 1.28. The summed E-state index contributed by atoms with van der Waals surface area (Å²) in [5.41, 5.74) is 5.71. The first-order valence-corrected chi connectivity index (χ1v) is 11.7. The monoisotopic (exact) mass is 456 g/mol. The van der Waals surface area contributed by atoms with Crippen LogP contribution in [0.1, 0.15) is 34.1 Å². The van der Waals surface area contributed by atoms with Crippen molar-refractivity contribution in [1.82, 2.24) is 9.88 Å². The molecule has 0 aliphatic carbocycles. The second-order valence-electron chi connectivity index (χ2n) is 8.03. The van der Waals surface area contributed by atoms with Gasteiger partial charge in [-0.3, -0.25) is 9.59 Å². The number of nitriles is 1. The molecule has 0 saturated heterocycles. The molecular formula is C26H24N4O2S. The molecule has 1 N–H and O–H groups in total. The van der Waals surface area contributed by atoms with Gasteiger partial charge in [0.1, 0.15) is 11.1 Å². The third-order valence-corrected chi connectivity index (χ3v) is 6.57. The predicted molar refractivity (Wildman–Crippen MR) is 130 cm³/mol. The van der Waals surface area contributed by atoms with E-state index < -0.39 is 0 Å². The van der Waals surface area contributed by atoms with Crippen molar-refractivity contribution in [3.8, 4) is 17.2 Å². The lowest BCUT2D eigenvalue weighted by atomic mass is 9.92. The molecule has 2 heterocycles. The average molecular weight is 457 g/mol. The van der Waals surface area contributed by atoms with Crippen molar-refractivity contribution >= 4 is 29.1 Å². The maximum atomic E-state index is 12.6. The highest BCUT2D eigenvalue weighted by Crippen LogP contribution is 2.37. The van der Waals surface area contributed by atoms with E-state index in [-0.39, 0.29) is 17.4 Å². The number of carbonyl (C=O) groups is 2. The lowest BCUT2D eigenvalue weighted by Crippen LogP contribution is -2.28. The number of nitrogens with zero attached hydrogens (tertiary/aromatic N) is 3. The number of fused-ring (bicyclic) bond motifs is 1. The van der Waals surface area contributed by atoms with Crippen LogP contribution in [0.3, 0.4) is 0 Å². The van der Waals surface area contributed by atoms with Crippen molar-refractivity contribution in [3.63, 3.8) is 0 Å². The molecule has 0 saturated carbocycles. The molecule has 0 spiro atoms. The second-order valence-corrected chi connectivity index (χ2v) is 8.99. The highest BCUT2D eigenvalue weighted by Gasteiger charge is 2.25. The summed E-state index contributed by atoms with van der Waals surface area (Å²) in [5.74, 6) is -0.0883. The van der Waals surface area contributed by atoms with E-state index in [9.17, 15) is 14.9 Å². The molecule has 0 fully saturated rings. The first kappa shape index (κ1) is 22.7. The summed E-state index contributed by atoms with van der Waals surface area (Å²) < 4.78 is 0. The normalized spacial score (nSPS) is 13.1. The number of hydrogen-bond acceptors (Lipinski definition) is 6. The molecule has 1 aliphatic heterocycles. The number of nitrogens with one attached hydrogen (secondary N) is 1. The number of hydrogen-bond donors (Lipinski definition) is 1. The van der Waals surface area contributed by atoms with Gasteiger partial charge in [0.05, 0.1) is 11.3 Å². The minimum atomic E-state index is -0.194. The fourth-order valence-electron chi connectivity index (χ4n) is 3.92. The van der Waals surface area contributed by atoms with Crippen molar-refractivity contribution in [1.29, 1.82) is 5.26 Å². The van der Waals surface area contributed by atoms with Crippen LogP contribution in [0, 0.1) is 11.3 Å². The number of rotatable bonds is 6. The van der Waals surface area contributed by atoms with E-state index in [2.05, 4.69) is 23.3 Å². The van der Waals surface area contributed by atoms with Gasteiger partial charge in [-0.2, -0.15) is 5.26 Å². The van der Waals surface area contributed by atoms with Crippen LogP contribution in [-0.4, -0.2) is 40.9 Å². The molecule has 0 bridgehead atoms. The lowest BCUT2D eigenvalue weighted by Gasteiger charge is -2.28. The van der Waals surface area contributed by atoms with Crippen molar-refractivity contribution in [3.05, 3.63) is 77.0 Å². The number of amides is 1. The van der Waals surface area contributed by atoms with Gasteiger partial charge in [-0.25, -0.2) is 4.98 Å². The zero-order valence-corrected chi connectivity index (χ0v) is 19.4. The number of carbonyl (C=O) groups excluding carboxylic acids is 2. The van der Waals surface area contributed by atoms with Crippen LogP contribution in [0.4, 0.5) is 5.69 Å². The maximum Gasteiger partial charge on any atom is 0.234 e. The molecular weight excluding hydrogens is 432 g/mol. The van der Waals surface area contributed by atoms with Crippen LogP contribution < -0.4 is 5.32 Å². The Kier molecular flexibility index (Phi) is 6.87. The molecule has 4 rings (SSSR count). The predicted octanol–water partition coefficient (Wildman–Crippen LogP) is 4.54. The van der Waals surface area contributed by atoms with Crippen molar-refractivity contribution < 1.29 is 9.59 Å². The van der Waals surface area contributed by atoms with Gasteiger partial charge in [0.25, 0.3) is 0 Å². The minimum absolute atomic E-state index is 0.0219. The van der Waals surface area contributed by atoms with E-state index in [1.165, 1.54) is 18.7 Å². The molecule has 3 aromatic rings. The van der Waals surface area contributed by atoms with Gasteiger partial charge in [-0.1, -0.05) is 42.1 Å². The Bertz CT molecular complexity index is 1230. The number of aromatic nitrogens is 1. The van der Waals surface area contributed by atoms with Crippen LogP contribution in [0.2, 0.25) is 0 Å². The standard InChI is InChI=1S/C26H24N4O2S/c1-17(31)18-8-10-20(11-9-18)28-24(32)16-33-26-21(14-27)25(19-6-4-3-5-7-19)22-15-30(2)13-12-23(22)29-26/h3-11H,12-13,15-16H2,1-2H3,(H,28,32). The molecule has 33 heavy (non-hydrogen) atoms. The topological polar surface area (TPSA) is 86.1 Å². The molecule has 7 heteroatoms. The van der Waals surface area contributed by atoms with Gasteiger partial charge in [0.15, 0.2) is 5.78 Å². The van der Waals surface area contributed by atoms with Crippen LogP contribution in [0.25, 0.3) is 11.1 Å². The summed E-state index contributed by atoms with van der Waals surface area (Å²) in [5, 5.41) is 13.5. The summed E-state index contributed by atoms with van der Waals surface area (Å²) in [4.78, 5) is 31.0. The van der Waals surface area contributed by atoms with Gasteiger partial charge < -0.3 is 10.2 Å². The largest absolute Gasteiger partial charge is 0.325 e. The van der Waals surface area contributed by atoms with Crippen LogP contribution in [0.5, 0.6) is 0 Å². The summed E-state index contributed by atoms with van der Waals surface area (Å²) in [6.07, 6.45) is 0.805. The molecule has 2 aromatic carbocycles. The molecule has 0 unspecified atom stereocenters. The van der Waals surface area contributed by atoms with E-state index in [0.29, 0.717) is 21.8 Å². The number of ketones is 1. The average Bonchev–Trinajstić information content (AvgIpc) is 2.82. The smallest absolute Gasteiger partial charge is 0.234 e. The zero-order chi connectivity index (χ0) is 23.4. The quantitative estimate of drug-likeness (QED) is 0.433. The molecule has 1 aliphatic rings. The Morgan fingerprint density at radius 3 is 2.55 bits per heavy atom. The van der Waals surface area contributed by atoms with E-state index >= 15 is 0 Å². The van der Waals surface area contributed by atoms with Crippen LogP contribution in [0.15, 0.2) is 59.6 Å². The van der Waals surface area contributed by atoms with E-state index in [1.807, 2.05) is 30.3 Å². The van der Waals surface area contributed by atoms with Gasteiger partial charge >= 0.3 is 0 Å². The van der Waals surface area contributed by atoms with Crippen molar-refractivity contribution in [2.24, 2.45) is 0 Å². The Morgan fingerprint density at radius 2 is 1.88 bits per heavy atom. The Morgan fingerprint density at radius 1 is 1.15 bits per heavy atom. The summed E-state index contributed by atoms with van der Waals surface area (Å²) in [7, 11) is 2.07. The number of likely N-dealkylation sites (N-methyl/N-ethyl adjacent to an activating group) is 1. The number of Topliss-reactive ketones (excluding diaryl/α,β-unsaturated/α-hetero) is 1. The Balaban J connectivity index is 1.59. The Hall–Kier alpha value is -3.47. The third-order valence-electron chi connectivity index (χ3n) is 5.60. The number of benzene rings is 2. The Labute approximate surface area is 197 Å². The fraction of sp³-hybridized carbons (Fsp3) is 0.231. The van der Waals surface area contributed by atoms with Gasteiger partial charge in [-0.05, 0) is 49.4 Å². The van der Waals surface area contributed by atoms with Gasteiger partial charge in [-0.15, -0.1) is 0 Å². The number of thioether (sulfide) groups is 1. The number of pyridine rings is 1. The molecule has 166 valence electrons. The SMILES string of the molecule is CC(=O)c1ccc(NC(=O)CSc2nc3c(c(-c4ccccc4)c2C#N)CN(C)CC3)cc1. The zero-order valence-electron chi connectivity index (χ0n) is 18.6. The third kappa shape index (κ3) is 5.14. The van der Waals surface area contributed by atoms with Crippen molar-refractivity contribution in [2.75, 3.05) is 24.7 Å².